The minimum absolute atomic E-state index is 0.198. The summed E-state index contributed by atoms with van der Waals surface area (Å²) in [6.45, 7) is 15.3. The largest absolute Gasteiger partial charge is 0.577 e. The van der Waals surface area contributed by atoms with E-state index in [2.05, 4.69) is 0 Å². The van der Waals surface area contributed by atoms with Gasteiger partial charge in [0.05, 0.1) is 34.8 Å². The zero-order valence-corrected chi connectivity index (χ0v) is 30.7. The maximum absolute atomic E-state index is 15.6. The average molecular weight is 802 g/mol. The van der Waals surface area contributed by atoms with Gasteiger partial charge in [0.2, 0.25) is 6.35 Å². The highest BCUT2D eigenvalue weighted by atomic mass is 31.2. The van der Waals surface area contributed by atoms with Gasteiger partial charge in [-0.3, -0.25) is 0 Å². The summed E-state index contributed by atoms with van der Waals surface area (Å²) in [6, 6.07) is 0. The summed E-state index contributed by atoms with van der Waals surface area (Å²) in [5, 5.41) is -1.03. The lowest BCUT2D eigenvalue weighted by molar-refractivity contribution is 0.110. The van der Waals surface area contributed by atoms with Crippen LogP contribution in [-0.4, -0.2) is 47.8 Å². The molecule has 0 unspecified atom stereocenters. The lowest BCUT2D eigenvalue weighted by Gasteiger charge is -2.54. The van der Waals surface area contributed by atoms with Crippen LogP contribution in [0.15, 0.2) is 0 Å². The zero-order valence-electron chi connectivity index (χ0n) is 29.8. The second kappa shape index (κ2) is 14.9. The Kier molecular flexibility index (Phi) is 12.5. The van der Waals surface area contributed by atoms with Gasteiger partial charge in [-0.05, 0) is 62.3 Å². The van der Waals surface area contributed by atoms with Crippen molar-refractivity contribution in [3.05, 3.63) is 87.3 Å². The van der Waals surface area contributed by atoms with Crippen LogP contribution in [-0.2, 0) is 9.39 Å². The van der Waals surface area contributed by atoms with Gasteiger partial charge in [0.15, 0.2) is 52.4 Å². The third kappa shape index (κ3) is 6.94. The Morgan fingerprint density at radius 1 is 0.358 bits per heavy atom. The molecule has 3 aromatic carbocycles. The first-order chi connectivity index (χ1) is 24.0. The molecular weight excluding hydrogens is 767 g/mol. The Morgan fingerprint density at radius 2 is 0.585 bits per heavy atom. The highest BCUT2D eigenvalue weighted by Crippen LogP contribution is 2.83. The predicted molar refractivity (Wildman–Crippen MR) is 171 cm³/mol. The molecule has 0 saturated heterocycles. The van der Waals surface area contributed by atoms with Crippen LogP contribution < -0.4 is 16.4 Å². The van der Waals surface area contributed by atoms with Crippen LogP contribution in [0.1, 0.15) is 62.3 Å². The van der Waals surface area contributed by atoms with Crippen LogP contribution in [0.5, 0.6) is 0 Å². The van der Waals surface area contributed by atoms with E-state index in [-0.39, 0.29) is 22.1 Å². The molecule has 0 amide bonds. The van der Waals surface area contributed by atoms with Crippen LogP contribution >= 0.6 is 7.26 Å². The van der Waals surface area contributed by atoms with E-state index < -0.39 is 130 Å². The maximum Gasteiger partial charge on any atom is 0.216 e. The van der Waals surface area contributed by atoms with Gasteiger partial charge in [-0.15, -0.1) is 0 Å². The highest BCUT2D eigenvalue weighted by molar-refractivity contribution is 7.80. The van der Waals surface area contributed by atoms with Crippen molar-refractivity contribution < 1.29 is 75.2 Å². The minimum Gasteiger partial charge on any atom is -0.577 e. The fourth-order valence-corrected chi connectivity index (χ4v) is 16.7. The van der Waals surface area contributed by atoms with Crippen LogP contribution in [0.25, 0.3) is 0 Å². The minimum atomic E-state index is -6.09. The van der Waals surface area contributed by atoms with Crippen LogP contribution in [0, 0.1) is 87.3 Å². The molecule has 53 heavy (non-hydrogen) atoms. The van der Waals surface area contributed by atoms with Crippen LogP contribution in [0.3, 0.4) is 0 Å². The molecule has 0 heterocycles. The molecule has 296 valence electrons. The van der Waals surface area contributed by atoms with E-state index in [1.807, 2.05) is 62.3 Å². The van der Waals surface area contributed by atoms with Gasteiger partial charge in [-0.25, -0.2) is 65.9 Å². The number of halogens is 15. The second-order valence-electron chi connectivity index (χ2n) is 15.3. The molecule has 0 atom stereocenters. The van der Waals surface area contributed by atoms with E-state index in [0.29, 0.717) is 6.16 Å². The van der Waals surface area contributed by atoms with Crippen LogP contribution in [0.2, 0.25) is 0 Å². The molecule has 3 aromatic rings. The Hall–Kier alpha value is -2.98. The van der Waals surface area contributed by atoms with E-state index in [4.69, 9.17) is 9.39 Å². The fourth-order valence-electron chi connectivity index (χ4n) is 8.23. The van der Waals surface area contributed by atoms with Crippen LogP contribution in [0.4, 0.5) is 65.9 Å². The number of benzene rings is 3. The fraction of sp³-hybridized carbons (Fsp3) is 0.471. The van der Waals surface area contributed by atoms with Crippen molar-refractivity contribution in [3.8, 4) is 0 Å². The van der Waals surface area contributed by atoms with Crippen molar-refractivity contribution >= 4 is 30.0 Å². The summed E-state index contributed by atoms with van der Waals surface area (Å²) in [4.78, 5) is 0. The van der Waals surface area contributed by atoms with Gasteiger partial charge < -0.3 is 9.39 Å². The maximum atomic E-state index is 15.6. The van der Waals surface area contributed by atoms with Gasteiger partial charge in [0.1, 0.15) is 34.9 Å². The van der Waals surface area contributed by atoms with E-state index >= 15 is 26.3 Å². The van der Waals surface area contributed by atoms with Crippen molar-refractivity contribution in [3.63, 3.8) is 0 Å². The molecule has 2 nitrogen and oxygen atoms in total. The van der Waals surface area contributed by atoms with E-state index in [0.717, 1.165) is 0 Å². The summed E-state index contributed by atoms with van der Waals surface area (Å²) in [7, 11) is -2.17. The molecule has 0 aliphatic heterocycles. The molecular formula is C34H35BF15O2P. The first-order valence-electron chi connectivity index (χ1n) is 15.8. The molecule has 0 saturated carbocycles. The van der Waals surface area contributed by atoms with E-state index in [1.165, 1.54) is 0 Å². The normalized spacial score (nSPS) is 13.4. The van der Waals surface area contributed by atoms with Crippen molar-refractivity contribution in [2.75, 3.05) is 26.0 Å². The summed E-state index contributed by atoms with van der Waals surface area (Å²) in [6.07, 6.45) is -5.77. The molecule has 0 spiro atoms. The van der Waals surface area contributed by atoms with Crippen molar-refractivity contribution in [2.45, 2.75) is 77.8 Å². The molecule has 0 aliphatic carbocycles. The van der Waals surface area contributed by atoms with Crippen molar-refractivity contribution in [1.29, 1.82) is 0 Å². The highest BCUT2D eigenvalue weighted by Gasteiger charge is 2.64. The van der Waals surface area contributed by atoms with Gasteiger partial charge in [-0.2, -0.15) is 0 Å². The molecule has 19 heteroatoms. The Morgan fingerprint density at radius 3 is 0.811 bits per heavy atom. The van der Waals surface area contributed by atoms with Gasteiger partial charge in [-0.1, -0.05) is 16.4 Å². The molecule has 0 fully saturated rings. The quantitative estimate of drug-likeness (QED) is 0.0509. The molecule has 0 N–H and O–H groups in total. The van der Waals surface area contributed by atoms with Crippen molar-refractivity contribution in [2.24, 2.45) is 0 Å². The molecule has 0 aliphatic rings. The lowest BCUT2D eigenvalue weighted by Crippen LogP contribution is -2.75. The van der Waals surface area contributed by atoms with Crippen molar-refractivity contribution in [1.82, 2.24) is 0 Å². The molecule has 3 rings (SSSR count). The van der Waals surface area contributed by atoms with Gasteiger partial charge in [0.25, 0.3) is 0 Å². The Labute approximate surface area is 296 Å². The first kappa shape index (κ1) is 44.4. The zero-order chi connectivity index (χ0) is 41.1. The molecule has 0 bridgehead atoms. The average Bonchev–Trinajstić information content (AvgIpc) is 3.04. The standard InChI is InChI=1S/C34H35BF15O2P/c1-32(2,3)53(33(4,5)6,34(7,8)9)13-12-51-10-11-52-35(14-17(36)23(42)29(48)24(43)18(14)37,15-19(38)25(44)30(49)26(45)20(15)39)16-21(40)27(46)31(50)28(47)22(16)41/h10-13H2,1-9H3. The number of hydrogen-bond donors (Lipinski definition) is 0. The lowest BCUT2D eigenvalue weighted by atomic mass is 9.27. The summed E-state index contributed by atoms with van der Waals surface area (Å²) in [5.41, 5.74) is -8.48. The van der Waals surface area contributed by atoms with Gasteiger partial charge in [0, 0.05) is 13.9 Å². The topological polar surface area (TPSA) is 18.5 Å². The number of hydrogen-bond acceptors (Lipinski definition) is 2. The summed E-state index contributed by atoms with van der Waals surface area (Å²) in [5.74, 6) is -46.4. The Balaban J connectivity index is 2.42. The number of ether oxygens (including phenoxy) is 1. The molecule has 0 radical (unpaired) electrons. The smallest absolute Gasteiger partial charge is 0.216 e. The summed E-state index contributed by atoms with van der Waals surface area (Å²) < 4.78 is 235. The first-order valence-corrected chi connectivity index (χ1v) is 17.8. The number of rotatable bonds is 10. The monoisotopic (exact) mass is 802 g/mol. The Bertz CT molecular complexity index is 1630. The van der Waals surface area contributed by atoms with Gasteiger partial charge >= 0.3 is 0 Å². The van der Waals surface area contributed by atoms with E-state index in [9.17, 15) is 39.5 Å². The third-order valence-electron chi connectivity index (χ3n) is 9.55. The summed E-state index contributed by atoms with van der Waals surface area (Å²) >= 11 is 0. The molecule has 0 aromatic heterocycles. The SMILES string of the molecule is CC(C)(C)[P+](CCOCCO[B-](c1c(F)c(F)c(F)c(F)c1F)(c1c(F)c(F)c(F)c(F)c1F)c1c(F)c(F)c(F)c(F)c1F)(C(C)(C)C)C(C)(C)C. The predicted octanol–water partition coefficient (Wildman–Crippen LogP) is 9.19. The third-order valence-corrected chi connectivity index (χ3v) is 17.3. The van der Waals surface area contributed by atoms with E-state index in [1.54, 1.807) is 0 Å². The second-order valence-corrected chi connectivity index (χ2v) is 21.4.